The van der Waals surface area contributed by atoms with E-state index in [0.717, 1.165) is 5.69 Å². The Morgan fingerprint density at radius 2 is 2.16 bits per heavy atom. The summed E-state index contributed by atoms with van der Waals surface area (Å²) in [7, 11) is 0. The van der Waals surface area contributed by atoms with Gasteiger partial charge in [-0.2, -0.15) is 0 Å². The molecule has 0 saturated carbocycles. The lowest BCUT2D eigenvalue weighted by atomic mass is 10.2. The zero-order chi connectivity index (χ0) is 14.0. The lowest BCUT2D eigenvalue weighted by Gasteiger charge is -2.09. The number of thiazole rings is 1. The summed E-state index contributed by atoms with van der Waals surface area (Å²) < 4.78 is 0. The van der Waals surface area contributed by atoms with Crippen molar-refractivity contribution >= 4 is 28.1 Å². The van der Waals surface area contributed by atoms with Gasteiger partial charge >= 0.3 is 5.97 Å². The Balaban J connectivity index is 2.36. The summed E-state index contributed by atoms with van der Waals surface area (Å²) in [6, 6.07) is 0. The van der Waals surface area contributed by atoms with Crippen molar-refractivity contribution in [2.75, 3.05) is 5.32 Å². The molecule has 2 heterocycles. The van der Waals surface area contributed by atoms with Gasteiger partial charge in [0.25, 0.3) is 0 Å². The fourth-order valence-corrected chi connectivity index (χ4v) is 2.16. The summed E-state index contributed by atoms with van der Waals surface area (Å²) in [5, 5.41) is 14.7. The molecule has 0 bridgehead atoms. The third kappa shape index (κ3) is 3.05. The molecule has 0 unspecified atom stereocenters. The van der Waals surface area contributed by atoms with Crippen LogP contribution in [0.5, 0.6) is 0 Å². The van der Waals surface area contributed by atoms with E-state index in [0.29, 0.717) is 16.6 Å². The summed E-state index contributed by atoms with van der Waals surface area (Å²) in [6.45, 7) is 5.70. The Morgan fingerprint density at radius 1 is 1.42 bits per heavy atom. The van der Waals surface area contributed by atoms with Crippen LogP contribution in [0.15, 0.2) is 11.6 Å². The summed E-state index contributed by atoms with van der Waals surface area (Å²) in [4.78, 5) is 23.7. The van der Waals surface area contributed by atoms with Crippen molar-refractivity contribution in [1.29, 1.82) is 0 Å². The van der Waals surface area contributed by atoms with Crippen molar-refractivity contribution in [2.45, 2.75) is 26.7 Å². The summed E-state index contributed by atoms with van der Waals surface area (Å²) >= 11 is 1.40. The molecule has 0 aliphatic carbocycles. The van der Waals surface area contributed by atoms with Gasteiger partial charge in [-0.3, -0.25) is 0 Å². The normalized spacial score (nSPS) is 10.7. The van der Waals surface area contributed by atoms with Crippen molar-refractivity contribution in [3.63, 3.8) is 0 Å². The Labute approximate surface area is 114 Å². The van der Waals surface area contributed by atoms with E-state index < -0.39 is 5.97 Å². The van der Waals surface area contributed by atoms with Crippen LogP contribution in [0.25, 0.3) is 0 Å². The quantitative estimate of drug-likeness (QED) is 0.894. The van der Waals surface area contributed by atoms with Gasteiger partial charge in [-0.05, 0) is 6.92 Å². The maximum absolute atomic E-state index is 11.2. The molecule has 0 fully saturated rings. The fourth-order valence-electron chi connectivity index (χ4n) is 1.45. The van der Waals surface area contributed by atoms with E-state index in [2.05, 4.69) is 20.3 Å². The Hall–Kier alpha value is -2.02. The van der Waals surface area contributed by atoms with Crippen molar-refractivity contribution < 1.29 is 9.90 Å². The molecule has 0 aliphatic rings. The number of carbonyl (C=O) groups is 1. The first-order valence-corrected chi connectivity index (χ1v) is 6.64. The maximum Gasteiger partial charge on any atom is 0.356 e. The highest BCUT2D eigenvalue weighted by Crippen LogP contribution is 2.23. The SMILES string of the molecule is Cc1csc(Nc2cnc(C(C)C)nc2C(=O)O)n1. The van der Waals surface area contributed by atoms with Gasteiger partial charge in [0.2, 0.25) is 0 Å². The van der Waals surface area contributed by atoms with Crippen LogP contribution >= 0.6 is 11.3 Å². The Bertz CT molecular complexity index is 610. The summed E-state index contributed by atoms with van der Waals surface area (Å²) in [5.41, 5.74) is 1.20. The average molecular weight is 278 g/mol. The number of aryl methyl sites for hydroxylation is 1. The average Bonchev–Trinajstić information content (AvgIpc) is 2.74. The van der Waals surface area contributed by atoms with E-state index in [4.69, 9.17) is 0 Å². The van der Waals surface area contributed by atoms with Crippen LogP contribution in [-0.2, 0) is 0 Å². The van der Waals surface area contributed by atoms with E-state index >= 15 is 0 Å². The first kappa shape index (κ1) is 13.4. The second kappa shape index (κ2) is 5.31. The number of nitrogens with one attached hydrogen (secondary N) is 1. The van der Waals surface area contributed by atoms with Crippen molar-refractivity contribution in [1.82, 2.24) is 15.0 Å². The molecule has 19 heavy (non-hydrogen) atoms. The number of anilines is 2. The van der Waals surface area contributed by atoms with Crippen LogP contribution < -0.4 is 5.32 Å². The van der Waals surface area contributed by atoms with E-state index in [-0.39, 0.29) is 11.6 Å². The van der Waals surface area contributed by atoms with Gasteiger partial charge in [-0.15, -0.1) is 11.3 Å². The molecule has 100 valence electrons. The monoisotopic (exact) mass is 278 g/mol. The summed E-state index contributed by atoms with van der Waals surface area (Å²) in [6.07, 6.45) is 1.49. The molecule has 0 aromatic carbocycles. The lowest BCUT2D eigenvalue weighted by molar-refractivity contribution is 0.0691. The number of carboxylic acids is 1. The maximum atomic E-state index is 11.2. The summed E-state index contributed by atoms with van der Waals surface area (Å²) in [5.74, 6) is -0.493. The Kier molecular flexibility index (Phi) is 3.75. The number of nitrogens with zero attached hydrogens (tertiary/aromatic N) is 3. The van der Waals surface area contributed by atoms with Crippen LogP contribution in [0.1, 0.15) is 41.8 Å². The number of aromatic carboxylic acids is 1. The van der Waals surface area contributed by atoms with Crippen LogP contribution in [-0.4, -0.2) is 26.0 Å². The minimum Gasteiger partial charge on any atom is -0.476 e. The lowest BCUT2D eigenvalue weighted by Crippen LogP contribution is -2.10. The predicted molar refractivity (Wildman–Crippen MR) is 73.2 cm³/mol. The molecule has 2 aromatic rings. The second-order valence-electron chi connectivity index (χ2n) is 4.37. The highest BCUT2D eigenvalue weighted by atomic mass is 32.1. The third-order valence-corrected chi connectivity index (χ3v) is 3.26. The molecule has 0 amide bonds. The van der Waals surface area contributed by atoms with Crippen molar-refractivity contribution in [3.8, 4) is 0 Å². The third-order valence-electron chi connectivity index (χ3n) is 2.39. The van der Waals surface area contributed by atoms with E-state index in [9.17, 15) is 9.90 Å². The minimum absolute atomic E-state index is 0.0356. The fraction of sp³-hybridized carbons (Fsp3) is 0.333. The van der Waals surface area contributed by atoms with Crippen molar-refractivity contribution in [2.24, 2.45) is 0 Å². The molecule has 2 rings (SSSR count). The first-order valence-electron chi connectivity index (χ1n) is 5.76. The van der Waals surface area contributed by atoms with Gasteiger partial charge < -0.3 is 10.4 Å². The van der Waals surface area contributed by atoms with Crippen LogP contribution in [0.4, 0.5) is 10.8 Å². The van der Waals surface area contributed by atoms with Crippen LogP contribution in [0, 0.1) is 6.92 Å². The van der Waals surface area contributed by atoms with E-state index in [1.807, 2.05) is 26.2 Å². The number of hydrogen-bond donors (Lipinski definition) is 2. The highest BCUT2D eigenvalue weighted by molar-refractivity contribution is 7.13. The van der Waals surface area contributed by atoms with Crippen LogP contribution in [0.3, 0.4) is 0 Å². The number of carboxylic acid groups (broad SMARTS) is 1. The smallest absolute Gasteiger partial charge is 0.356 e. The van der Waals surface area contributed by atoms with E-state index in [1.165, 1.54) is 17.5 Å². The number of hydrogen-bond acceptors (Lipinski definition) is 6. The largest absolute Gasteiger partial charge is 0.476 e. The standard InChI is InChI=1S/C12H14N4O2S/c1-6(2)10-13-4-8(9(16-10)11(17)18)15-12-14-7(3)5-19-12/h4-6H,1-3H3,(H,14,15)(H,17,18). The molecule has 6 nitrogen and oxygen atoms in total. The second-order valence-corrected chi connectivity index (χ2v) is 5.23. The van der Waals surface area contributed by atoms with Gasteiger partial charge in [-0.25, -0.2) is 19.7 Å². The number of aromatic nitrogens is 3. The molecule has 7 heteroatoms. The Morgan fingerprint density at radius 3 is 2.68 bits per heavy atom. The molecule has 2 aromatic heterocycles. The topological polar surface area (TPSA) is 88.0 Å². The van der Waals surface area contributed by atoms with Gasteiger partial charge in [0, 0.05) is 11.3 Å². The molecule has 2 N–H and O–H groups in total. The van der Waals surface area contributed by atoms with Crippen molar-refractivity contribution in [3.05, 3.63) is 28.8 Å². The molecule has 0 aliphatic heterocycles. The number of rotatable bonds is 4. The zero-order valence-corrected chi connectivity index (χ0v) is 11.7. The van der Waals surface area contributed by atoms with Gasteiger partial charge in [-0.1, -0.05) is 13.8 Å². The zero-order valence-electron chi connectivity index (χ0n) is 10.8. The van der Waals surface area contributed by atoms with Crippen LogP contribution in [0.2, 0.25) is 0 Å². The highest BCUT2D eigenvalue weighted by Gasteiger charge is 2.16. The first-order chi connectivity index (χ1) is 8.97. The van der Waals surface area contributed by atoms with Gasteiger partial charge in [0.05, 0.1) is 17.6 Å². The molecule has 0 atom stereocenters. The van der Waals surface area contributed by atoms with Gasteiger partial charge in [0.1, 0.15) is 5.82 Å². The minimum atomic E-state index is -1.08. The molecular weight excluding hydrogens is 264 g/mol. The van der Waals surface area contributed by atoms with Gasteiger partial charge in [0.15, 0.2) is 10.8 Å². The van der Waals surface area contributed by atoms with E-state index in [1.54, 1.807) is 0 Å². The molecular formula is C12H14N4O2S. The molecule has 0 radical (unpaired) electrons. The predicted octanol–water partition coefficient (Wildman–Crippen LogP) is 2.81. The molecule has 0 saturated heterocycles. The molecule has 0 spiro atoms.